The number of rotatable bonds is 4. The van der Waals surface area contributed by atoms with E-state index in [0.29, 0.717) is 17.6 Å². The molecular weight excluding hydrogens is 212 g/mol. The van der Waals surface area contributed by atoms with Crippen molar-refractivity contribution in [1.82, 2.24) is 10.4 Å². The second-order valence-electron chi connectivity index (χ2n) is 6.00. The lowest BCUT2D eigenvalue weighted by Crippen LogP contribution is -2.69. The van der Waals surface area contributed by atoms with Gasteiger partial charge in [0.05, 0.1) is 6.10 Å². The van der Waals surface area contributed by atoms with Crippen LogP contribution in [0.4, 0.5) is 0 Å². The van der Waals surface area contributed by atoms with E-state index in [2.05, 4.69) is 17.4 Å². The fourth-order valence-corrected chi connectivity index (χ4v) is 3.86. The van der Waals surface area contributed by atoms with Gasteiger partial charge < -0.3 is 4.74 Å². The summed E-state index contributed by atoms with van der Waals surface area (Å²) in [5.41, 5.74) is 4.30. The first kappa shape index (κ1) is 11.9. The smallest absolute Gasteiger partial charge is 0.0662 e. The van der Waals surface area contributed by atoms with Crippen molar-refractivity contribution in [3.05, 3.63) is 0 Å². The molecule has 17 heavy (non-hydrogen) atoms. The Morgan fingerprint density at radius 2 is 1.94 bits per heavy atom. The Kier molecular flexibility index (Phi) is 3.42. The van der Waals surface area contributed by atoms with Crippen molar-refractivity contribution in [3.63, 3.8) is 0 Å². The molecule has 2 aliphatic carbocycles. The molecule has 98 valence electrons. The summed E-state index contributed by atoms with van der Waals surface area (Å²) >= 11 is 0. The van der Waals surface area contributed by atoms with Crippen LogP contribution in [0.1, 0.15) is 51.9 Å². The van der Waals surface area contributed by atoms with Gasteiger partial charge in [-0.25, -0.2) is 5.01 Å². The highest BCUT2D eigenvalue weighted by Crippen LogP contribution is 2.57. The first-order valence-corrected chi connectivity index (χ1v) is 7.48. The van der Waals surface area contributed by atoms with E-state index in [1.165, 1.54) is 58.0 Å². The number of piperidine rings is 1. The van der Waals surface area contributed by atoms with Gasteiger partial charge >= 0.3 is 0 Å². The van der Waals surface area contributed by atoms with Crippen LogP contribution in [0, 0.1) is 5.41 Å². The van der Waals surface area contributed by atoms with Gasteiger partial charge in [0.25, 0.3) is 0 Å². The summed E-state index contributed by atoms with van der Waals surface area (Å²) in [6.45, 7) is 5.48. The van der Waals surface area contributed by atoms with Gasteiger partial charge in [-0.05, 0) is 39.0 Å². The minimum absolute atomic E-state index is 0.507. The average Bonchev–Trinajstić information content (AvgIpc) is 2.27. The van der Waals surface area contributed by atoms with E-state index in [1.807, 2.05) is 0 Å². The van der Waals surface area contributed by atoms with Gasteiger partial charge in [0.15, 0.2) is 0 Å². The van der Waals surface area contributed by atoms with E-state index in [4.69, 9.17) is 4.74 Å². The van der Waals surface area contributed by atoms with Crippen LogP contribution in [0.15, 0.2) is 0 Å². The summed E-state index contributed by atoms with van der Waals surface area (Å²) in [5, 5.41) is 2.47. The third kappa shape index (κ3) is 2.02. The minimum Gasteiger partial charge on any atom is -0.378 e. The number of hydrazine groups is 1. The summed E-state index contributed by atoms with van der Waals surface area (Å²) in [6.07, 6.45) is 10.1. The third-order valence-corrected chi connectivity index (χ3v) is 5.13. The van der Waals surface area contributed by atoms with Crippen LogP contribution >= 0.6 is 0 Å². The topological polar surface area (TPSA) is 24.5 Å². The van der Waals surface area contributed by atoms with Crippen LogP contribution < -0.4 is 5.43 Å². The van der Waals surface area contributed by atoms with Crippen LogP contribution in [0.25, 0.3) is 0 Å². The summed E-state index contributed by atoms with van der Waals surface area (Å²) in [5.74, 6) is 0. The van der Waals surface area contributed by atoms with Crippen LogP contribution in [0.5, 0.6) is 0 Å². The van der Waals surface area contributed by atoms with Crippen LogP contribution in [-0.4, -0.2) is 36.9 Å². The molecule has 1 saturated heterocycles. The van der Waals surface area contributed by atoms with Gasteiger partial charge in [0.1, 0.15) is 0 Å². The fourth-order valence-electron chi connectivity index (χ4n) is 3.86. The predicted octanol–water partition coefficient (Wildman–Crippen LogP) is 2.32. The molecule has 1 heterocycles. The lowest BCUT2D eigenvalue weighted by Gasteiger charge is -2.62. The summed E-state index contributed by atoms with van der Waals surface area (Å²) < 4.78 is 5.90. The van der Waals surface area contributed by atoms with Gasteiger partial charge in [-0.1, -0.05) is 12.8 Å². The quantitative estimate of drug-likeness (QED) is 0.813. The number of nitrogens with zero attached hydrogens (tertiary/aromatic N) is 1. The predicted molar refractivity (Wildman–Crippen MR) is 68.7 cm³/mol. The Hall–Kier alpha value is -0.120. The molecule has 1 N–H and O–H groups in total. The molecule has 3 fully saturated rings. The standard InChI is InChI=1S/C14H26N2O/c1-2-17-13-11-12(14(13)7-6-8-14)15-16-9-4-3-5-10-16/h12-13,15H,2-11H2,1H3. The van der Waals surface area contributed by atoms with Gasteiger partial charge in [0, 0.05) is 31.2 Å². The number of hydrogen-bond acceptors (Lipinski definition) is 3. The van der Waals surface area contributed by atoms with Crippen molar-refractivity contribution in [2.75, 3.05) is 19.7 Å². The van der Waals surface area contributed by atoms with E-state index in [1.54, 1.807) is 0 Å². The molecule has 0 aromatic heterocycles. The van der Waals surface area contributed by atoms with Crippen molar-refractivity contribution in [3.8, 4) is 0 Å². The van der Waals surface area contributed by atoms with Crippen LogP contribution in [0.2, 0.25) is 0 Å². The maximum Gasteiger partial charge on any atom is 0.0662 e. The van der Waals surface area contributed by atoms with Crippen LogP contribution in [0.3, 0.4) is 0 Å². The number of nitrogens with one attached hydrogen (secondary N) is 1. The third-order valence-electron chi connectivity index (χ3n) is 5.13. The Labute approximate surface area is 105 Å². The molecule has 1 spiro atoms. The minimum atomic E-state index is 0.507. The van der Waals surface area contributed by atoms with Crippen molar-refractivity contribution < 1.29 is 4.74 Å². The van der Waals surface area contributed by atoms with E-state index in [-0.39, 0.29) is 0 Å². The molecule has 2 atom stereocenters. The monoisotopic (exact) mass is 238 g/mol. The van der Waals surface area contributed by atoms with Gasteiger partial charge in [0.2, 0.25) is 0 Å². The lowest BCUT2D eigenvalue weighted by molar-refractivity contribution is -0.186. The Morgan fingerprint density at radius 1 is 1.18 bits per heavy atom. The highest BCUT2D eigenvalue weighted by atomic mass is 16.5. The Bertz CT molecular complexity index is 259. The van der Waals surface area contributed by atoms with Crippen molar-refractivity contribution >= 4 is 0 Å². The first-order valence-electron chi connectivity index (χ1n) is 7.48. The summed E-state index contributed by atoms with van der Waals surface area (Å²) in [6, 6.07) is 0.700. The highest BCUT2D eigenvalue weighted by molar-refractivity contribution is 5.11. The zero-order valence-electron chi connectivity index (χ0n) is 11.1. The van der Waals surface area contributed by atoms with Crippen molar-refractivity contribution in [2.45, 2.75) is 64.0 Å². The maximum atomic E-state index is 5.90. The fraction of sp³-hybridized carbons (Fsp3) is 1.00. The largest absolute Gasteiger partial charge is 0.378 e. The molecule has 3 rings (SSSR count). The van der Waals surface area contributed by atoms with E-state index in [0.717, 1.165) is 6.61 Å². The Balaban J connectivity index is 1.54. The molecule has 0 amide bonds. The number of ether oxygens (including phenoxy) is 1. The molecule has 0 radical (unpaired) electrons. The first-order chi connectivity index (χ1) is 8.35. The second-order valence-corrected chi connectivity index (χ2v) is 6.00. The number of hydrogen-bond donors (Lipinski definition) is 1. The molecule has 0 bridgehead atoms. The van der Waals surface area contributed by atoms with E-state index >= 15 is 0 Å². The molecule has 2 unspecified atom stereocenters. The van der Waals surface area contributed by atoms with Gasteiger partial charge in [-0.2, -0.15) is 0 Å². The van der Waals surface area contributed by atoms with Gasteiger partial charge in [-0.15, -0.1) is 0 Å². The Morgan fingerprint density at radius 3 is 2.53 bits per heavy atom. The van der Waals surface area contributed by atoms with Crippen LogP contribution in [-0.2, 0) is 4.74 Å². The second kappa shape index (κ2) is 4.87. The SMILES string of the molecule is CCOC1CC(NN2CCCCC2)C12CCC2. The summed E-state index contributed by atoms with van der Waals surface area (Å²) in [7, 11) is 0. The van der Waals surface area contributed by atoms with Gasteiger partial charge in [-0.3, -0.25) is 5.43 Å². The highest BCUT2D eigenvalue weighted by Gasteiger charge is 2.59. The molecule has 2 saturated carbocycles. The molecule has 3 heteroatoms. The molecule has 1 aliphatic heterocycles. The molecule has 0 aromatic carbocycles. The molecular formula is C14H26N2O. The van der Waals surface area contributed by atoms with E-state index < -0.39 is 0 Å². The molecule has 3 nitrogen and oxygen atoms in total. The zero-order valence-corrected chi connectivity index (χ0v) is 11.1. The van der Waals surface area contributed by atoms with Crippen molar-refractivity contribution in [2.24, 2.45) is 5.41 Å². The van der Waals surface area contributed by atoms with E-state index in [9.17, 15) is 0 Å². The molecule has 3 aliphatic rings. The average molecular weight is 238 g/mol. The maximum absolute atomic E-state index is 5.90. The summed E-state index contributed by atoms with van der Waals surface area (Å²) in [4.78, 5) is 0. The zero-order chi connectivity index (χ0) is 11.7. The lowest BCUT2D eigenvalue weighted by atomic mass is 9.51. The molecule has 0 aromatic rings. The van der Waals surface area contributed by atoms with Crippen molar-refractivity contribution in [1.29, 1.82) is 0 Å². The normalized spacial score (nSPS) is 36.5.